The minimum Gasteiger partial charge on any atom is -0.481 e. The lowest BCUT2D eigenvalue weighted by Gasteiger charge is -2.38. The molecule has 3 aromatic rings. The summed E-state index contributed by atoms with van der Waals surface area (Å²) in [4.78, 5) is 53.6. The summed E-state index contributed by atoms with van der Waals surface area (Å²) >= 11 is 14.2. The number of benzene rings is 2. The minimum absolute atomic E-state index is 0.0872. The molecule has 2 amide bonds. The summed E-state index contributed by atoms with van der Waals surface area (Å²) in [5, 5.41) is 16.3. The van der Waals surface area contributed by atoms with Gasteiger partial charge in [0.15, 0.2) is 10.8 Å². The predicted molar refractivity (Wildman–Crippen MR) is 177 cm³/mol. The van der Waals surface area contributed by atoms with Crippen molar-refractivity contribution in [2.24, 2.45) is 4.99 Å². The van der Waals surface area contributed by atoms with Crippen LogP contribution in [0.3, 0.4) is 0 Å². The molecular formula is C32H32Cl2N6O5S. The highest BCUT2D eigenvalue weighted by molar-refractivity contribution is 7.11. The number of carbonyl (C=O) groups is 3. The maximum Gasteiger partial charge on any atom is 0.338 e. The molecule has 14 heteroatoms. The summed E-state index contributed by atoms with van der Waals surface area (Å²) in [6, 6.07) is 11.3. The molecule has 46 heavy (non-hydrogen) atoms. The van der Waals surface area contributed by atoms with Crippen LogP contribution in [0, 0.1) is 0 Å². The third-order valence-electron chi connectivity index (χ3n) is 8.68. The van der Waals surface area contributed by atoms with E-state index in [2.05, 4.69) is 15.2 Å². The first kappa shape index (κ1) is 32.0. The Kier molecular flexibility index (Phi) is 8.81. The third-order valence-corrected chi connectivity index (χ3v) is 10.0. The summed E-state index contributed by atoms with van der Waals surface area (Å²) in [6.07, 6.45) is 1.69. The smallest absolute Gasteiger partial charge is 0.338 e. The van der Waals surface area contributed by atoms with E-state index in [0.717, 1.165) is 0 Å². The van der Waals surface area contributed by atoms with Gasteiger partial charge in [0.2, 0.25) is 0 Å². The van der Waals surface area contributed by atoms with Crippen LogP contribution in [-0.4, -0.2) is 89.6 Å². The molecule has 2 fully saturated rings. The lowest BCUT2D eigenvalue weighted by atomic mass is 9.85. The van der Waals surface area contributed by atoms with E-state index in [0.29, 0.717) is 81.7 Å². The number of piperazine rings is 1. The van der Waals surface area contributed by atoms with Crippen molar-refractivity contribution < 1.29 is 24.2 Å². The highest BCUT2D eigenvalue weighted by atomic mass is 35.5. The molecule has 2 saturated heterocycles. The number of aromatic nitrogens is 1. The van der Waals surface area contributed by atoms with E-state index in [-0.39, 0.29) is 12.1 Å². The average molecular weight is 684 g/mol. The lowest BCUT2D eigenvalue weighted by Crippen LogP contribution is -2.53. The number of hydrogen-bond acceptors (Lipinski definition) is 9. The molecule has 0 spiro atoms. The van der Waals surface area contributed by atoms with Gasteiger partial charge in [-0.15, -0.1) is 11.3 Å². The van der Waals surface area contributed by atoms with E-state index in [4.69, 9.17) is 32.9 Å². The van der Waals surface area contributed by atoms with Crippen LogP contribution >= 0.6 is 34.5 Å². The van der Waals surface area contributed by atoms with E-state index >= 15 is 0 Å². The van der Waals surface area contributed by atoms with Crippen LogP contribution in [-0.2, 0) is 19.7 Å². The van der Waals surface area contributed by atoms with Gasteiger partial charge in [0, 0.05) is 71.3 Å². The molecule has 0 aliphatic carbocycles. The van der Waals surface area contributed by atoms with Crippen molar-refractivity contribution in [3.8, 4) is 0 Å². The van der Waals surface area contributed by atoms with Crippen LogP contribution in [0.5, 0.6) is 0 Å². The zero-order valence-electron chi connectivity index (χ0n) is 25.4. The first-order valence-corrected chi connectivity index (χ1v) is 16.3. The number of hydrogen-bond donors (Lipinski definition) is 2. The van der Waals surface area contributed by atoms with E-state index in [1.807, 2.05) is 10.3 Å². The molecule has 0 bridgehead atoms. The number of thiazole rings is 1. The number of carbonyl (C=O) groups excluding carboxylic acids is 2. The number of carboxylic acids is 1. The number of carboxylic acid groups (broad SMARTS) is 1. The van der Waals surface area contributed by atoms with Crippen molar-refractivity contribution in [2.75, 3.05) is 44.7 Å². The molecule has 0 unspecified atom stereocenters. The van der Waals surface area contributed by atoms with Crippen molar-refractivity contribution in [2.45, 2.75) is 31.3 Å². The van der Waals surface area contributed by atoms with E-state index < -0.39 is 23.4 Å². The van der Waals surface area contributed by atoms with Crippen molar-refractivity contribution in [3.63, 3.8) is 0 Å². The number of ether oxygens (including phenoxy) is 1. The largest absolute Gasteiger partial charge is 0.481 e. The van der Waals surface area contributed by atoms with Crippen LogP contribution in [0.1, 0.15) is 36.0 Å². The molecular weight excluding hydrogens is 651 g/mol. The third kappa shape index (κ3) is 5.97. The SMILES string of the molecule is COC(=O)C1=C(CN2CCN3C(=O)N(c4ccc(C(C)(C)C(=O)O)cc4)C[C@@H]3C2)NC(c2nccs2)=N[C@H]1c1ccc(Cl)cc1Cl. The number of rotatable bonds is 8. The molecule has 11 nitrogen and oxygen atoms in total. The molecule has 4 heterocycles. The fourth-order valence-electron chi connectivity index (χ4n) is 6.00. The van der Waals surface area contributed by atoms with Crippen molar-refractivity contribution in [1.29, 1.82) is 0 Å². The topological polar surface area (TPSA) is 128 Å². The van der Waals surface area contributed by atoms with Crippen molar-refractivity contribution in [1.82, 2.24) is 20.1 Å². The molecule has 0 radical (unpaired) electrons. The number of esters is 1. The Hall–Kier alpha value is -3.97. The number of amidine groups is 1. The van der Waals surface area contributed by atoms with Crippen molar-refractivity contribution in [3.05, 3.63) is 91.5 Å². The molecule has 6 rings (SSSR count). The summed E-state index contributed by atoms with van der Waals surface area (Å²) in [5.41, 5.74) is 1.90. The highest BCUT2D eigenvalue weighted by Gasteiger charge is 2.42. The fourth-order valence-corrected chi connectivity index (χ4v) is 7.10. The number of fused-ring (bicyclic) bond motifs is 1. The van der Waals surface area contributed by atoms with Gasteiger partial charge in [-0.05, 0) is 43.7 Å². The Morgan fingerprint density at radius 1 is 1.13 bits per heavy atom. The number of methoxy groups -OCH3 is 1. The molecule has 2 N–H and O–H groups in total. The van der Waals surface area contributed by atoms with E-state index in [1.54, 1.807) is 67.4 Å². The Balaban J connectivity index is 1.26. The Labute approximate surface area is 280 Å². The second-order valence-electron chi connectivity index (χ2n) is 11.8. The number of urea groups is 1. The van der Waals surface area contributed by atoms with Gasteiger partial charge in [-0.1, -0.05) is 41.4 Å². The van der Waals surface area contributed by atoms with Gasteiger partial charge >= 0.3 is 18.0 Å². The molecule has 0 saturated carbocycles. The van der Waals surface area contributed by atoms with Crippen LogP contribution in [0.2, 0.25) is 10.0 Å². The Morgan fingerprint density at radius 3 is 2.54 bits per heavy atom. The molecule has 2 aromatic carbocycles. The summed E-state index contributed by atoms with van der Waals surface area (Å²) < 4.78 is 5.24. The molecule has 3 aliphatic heterocycles. The molecule has 1 aromatic heterocycles. The Bertz CT molecular complexity index is 1740. The first-order chi connectivity index (χ1) is 22.0. The Morgan fingerprint density at radius 2 is 1.89 bits per heavy atom. The van der Waals surface area contributed by atoms with Crippen LogP contribution in [0.25, 0.3) is 0 Å². The van der Waals surface area contributed by atoms with Crippen LogP contribution in [0.15, 0.2) is 70.3 Å². The number of anilines is 1. The van der Waals surface area contributed by atoms with Gasteiger partial charge in [-0.2, -0.15) is 0 Å². The van der Waals surface area contributed by atoms with Crippen LogP contribution < -0.4 is 10.2 Å². The second kappa shape index (κ2) is 12.7. The molecule has 240 valence electrons. The summed E-state index contributed by atoms with van der Waals surface area (Å²) in [6.45, 7) is 5.81. The monoisotopic (exact) mass is 682 g/mol. The predicted octanol–water partition coefficient (Wildman–Crippen LogP) is 4.96. The number of amides is 2. The summed E-state index contributed by atoms with van der Waals surface area (Å²) in [5.74, 6) is -0.930. The minimum atomic E-state index is -1.04. The van der Waals surface area contributed by atoms with Gasteiger partial charge in [0.1, 0.15) is 6.04 Å². The van der Waals surface area contributed by atoms with Crippen LogP contribution in [0.4, 0.5) is 10.5 Å². The fraction of sp³-hybridized carbons (Fsp3) is 0.344. The number of halogens is 2. The van der Waals surface area contributed by atoms with E-state index in [9.17, 15) is 19.5 Å². The maximum atomic E-state index is 13.5. The average Bonchev–Trinajstić information content (AvgIpc) is 3.69. The maximum absolute atomic E-state index is 13.5. The van der Waals surface area contributed by atoms with Gasteiger partial charge in [0.05, 0.1) is 24.1 Å². The normalized spacial score (nSPS) is 20.4. The van der Waals surface area contributed by atoms with Gasteiger partial charge in [-0.25, -0.2) is 14.6 Å². The zero-order valence-corrected chi connectivity index (χ0v) is 27.7. The summed E-state index contributed by atoms with van der Waals surface area (Å²) in [7, 11) is 1.33. The number of aliphatic carboxylic acids is 1. The highest BCUT2D eigenvalue weighted by Crippen LogP contribution is 2.38. The standard InChI is InChI=1S/C32H32Cl2N6O5S/c1-32(2,30(42)43)18-4-7-20(8-5-18)40-16-21-15-38(11-12-39(21)31(40)44)17-24-25(29(41)45-3)26(22-9-6-19(33)14-23(22)34)37-27(36-24)28-35-10-13-46-28/h4-10,13-14,21,26H,11-12,15-17H2,1-3H3,(H,36,37)(H,42,43)/t21-,26-/m0/s1. The quantitative estimate of drug-likeness (QED) is 0.320. The number of aliphatic imine (C=N–C) groups is 1. The van der Waals surface area contributed by atoms with E-state index in [1.165, 1.54) is 18.4 Å². The number of nitrogens with one attached hydrogen (secondary N) is 1. The molecule has 2 atom stereocenters. The molecule has 3 aliphatic rings. The lowest BCUT2D eigenvalue weighted by molar-refractivity contribution is -0.142. The number of nitrogens with zero attached hydrogens (tertiary/aromatic N) is 5. The van der Waals surface area contributed by atoms with Crippen molar-refractivity contribution >= 4 is 64.0 Å². The van der Waals surface area contributed by atoms with Gasteiger partial charge in [0.25, 0.3) is 0 Å². The zero-order chi connectivity index (χ0) is 32.7. The van der Waals surface area contributed by atoms with Gasteiger partial charge in [-0.3, -0.25) is 19.6 Å². The second-order valence-corrected chi connectivity index (χ2v) is 13.6. The van der Waals surface area contributed by atoms with Gasteiger partial charge < -0.3 is 20.1 Å². The first-order valence-electron chi connectivity index (χ1n) is 14.6.